The van der Waals surface area contributed by atoms with Gasteiger partial charge >= 0.3 is 0 Å². The Morgan fingerprint density at radius 1 is 1.44 bits per heavy atom. The molecule has 0 bridgehead atoms. The molecule has 2 nitrogen and oxygen atoms in total. The van der Waals surface area contributed by atoms with Crippen molar-refractivity contribution in [3.05, 3.63) is 28.8 Å². The van der Waals surface area contributed by atoms with Crippen molar-refractivity contribution < 1.29 is 5.11 Å². The maximum Gasteiger partial charge on any atom is 0.0783 e. The lowest BCUT2D eigenvalue weighted by Gasteiger charge is -2.36. The Kier molecular flexibility index (Phi) is 2.89. The number of anilines is 1. The van der Waals surface area contributed by atoms with Gasteiger partial charge in [0, 0.05) is 17.3 Å². The molecule has 1 unspecified atom stereocenters. The molecule has 0 amide bonds. The summed E-state index contributed by atoms with van der Waals surface area (Å²) in [7, 11) is 0. The average molecular weight is 240 g/mol. The lowest BCUT2D eigenvalue weighted by atomic mass is 9.97. The molecule has 1 fully saturated rings. The van der Waals surface area contributed by atoms with Crippen LogP contribution in [0, 0.1) is 6.92 Å². The van der Waals surface area contributed by atoms with Crippen molar-refractivity contribution in [1.29, 1.82) is 0 Å². The third kappa shape index (κ3) is 1.80. The van der Waals surface area contributed by atoms with Crippen molar-refractivity contribution in [3.8, 4) is 0 Å². The lowest BCUT2D eigenvalue weighted by Crippen LogP contribution is -2.45. The van der Waals surface area contributed by atoms with Gasteiger partial charge in [-0.05, 0) is 44.9 Å². The first kappa shape index (κ1) is 11.7. The number of aliphatic hydroxyl groups excluding tert-OH is 1. The molecule has 1 atom stereocenters. The molecular formula is C13H18ClNO. The molecule has 1 aliphatic heterocycles. The van der Waals surface area contributed by atoms with Crippen LogP contribution in [0.2, 0.25) is 5.02 Å². The molecule has 1 saturated heterocycles. The third-order valence-electron chi connectivity index (χ3n) is 3.60. The van der Waals surface area contributed by atoms with Crippen LogP contribution in [-0.4, -0.2) is 23.3 Å². The number of hydrogen-bond donors (Lipinski definition) is 1. The van der Waals surface area contributed by atoms with Crippen LogP contribution >= 0.6 is 11.6 Å². The molecule has 2 rings (SSSR count). The van der Waals surface area contributed by atoms with Crippen LogP contribution < -0.4 is 4.90 Å². The van der Waals surface area contributed by atoms with Gasteiger partial charge in [-0.3, -0.25) is 0 Å². The average Bonchev–Trinajstić information content (AvgIpc) is 2.47. The first-order chi connectivity index (χ1) is 7.43. The van der Waals surface area contributed by atoms with Gasteiger partial charge in [0.05, 0.1) is 11.6 Å². The zero-order chi connectivity index (χ0) is 11.9. The number of rotatable bonds is 1. The quantitative estimate of drug-likeness (QED) is 0.815. The number of hydrogen-bond acceptors (Lipinski definition) is 2. The van der Waals surface area contributed by atoms with Crippen molar-refractivity contribution in [2.45, 2.75) is 38.8 Å². The minimum Gasteiger partial charge on any atom is -0.391 e. The maximum atomic E-state index is 9.97. The van der Waals surface area contributed by atoms with Crippen molar-refractivity contribution in [2.24, 2.45) is 0 Å². The van der Waals surface area contributed by atoms with E-state index in [1.807, 2.05) is 18.2 Å². The standard InChI is InChI=1S/C13H18ClNO/c1-9-4-5-10(14)8-11(9)15-7-6-12(16)13(15,2)3/h4-5,8,12,16H,6-7H2,1-3H3. The molecule has 3 heteroatoms. The molecule has 0 saturated carbocycles. The van der Waals surface area contributed by atoms with Gasteiger partial charge in [-0.2, -0.15) is 0 Å². The fraction of sp³-hybridized carbons (Fsp3) is 0.538. The molecule has 0 radical (unpaired) electrons. The van der Waals surface area contributed by atoms with Gasteiger partial charge in [0.15, 0.2) is 0 Å². The lowest BCUT2D eigenvalue weighted by molar-refractivity contribution is 0.127. The molecule has 1 aromatic carbocycles. The van der Waals surface area contributed by atoms with Crippen molar-refractivity contribution in [2.75, 3.05) is 11.4 Å². The van der Waals surface area contributed by atoms with Crippen LogP contribution in [0.4, 0.5) is 5.69 Å². The molecule has 88 valence electrons. The predicted octanol–water partition coefficient (Wildman–Crippen LogP) is 3.00. The van der Waals surface area contributed by atoms with E-state index in [2.05, 4.69) is 25.7 Å². The monoisotopic (exact) mass is 239 g/mol. The van der Waals surface area contributed by atoms with E-state index in [4.69, 9.17) is 11.6 Å². The summed E-state index contributed by atoms with van der Waals surface area (Å²) in [5, 5.41) is 10.7. The zero-order valence-corrected chi connectivity index (χ0v) is 10.8. The highest BCUT2D eigenvalue weighted by Gasteiger charge is 2.40. The summed E-state index contributed by atoms with van der Waals surface area (Å²) < 4.78 is 0. The Hall–Kier alpha value is -0.730. The van der Waals surface area contributed by atoms with Gasteiger partial charge in [0.1, 0.15) is 0 Å². The highest BCUT2D eigenvalue weighted by atomic mass is 35.5. The highest BCUT2D eigenvalue weighted by Crippen LogP contribution is 2.36. The van der Waals surface area contributed by atoms with Crippen LogP contribution in [0.5, 0.6) is 0 Å². The van der Waals surface area contributed by atoms with Crippen LogP contribution in [0.3, 0.4) is 0 Å². The summed E-state index contributed by atoms with van der Waals surface area (Å²) in [5.41, 5.74) is 2.12. The van der Waals surface area contributed by atoms with E-state index in [1.165, 1.54) is 5.56 Å². The van der Waals surface area contributed by atoms with Gasteiger partial charge in [0.2, 0.25) is 0 Å². The van der Waals surface area contributed by atoms with Gasteiger partial charge in [0.25, 0.3) is 0 Å². The summed E-state index contributed by atoms with van der Waals surface area (Å²) in [6.45, 7) is 7.11. The van der Waals surface area contributed by atoms with E-state index < -0.39 is 0 Å². The molecule has 1 N–H and O–H groups in total. The smallest absolute Gasteiger partial charge is 0.0783 e. The molecule has 0 spiro atoms. The van der Waals surface area contributed by atoms with Gasteiger partial charge in [-0.1, -0.05) is 17.7 Å². The first-order valence-corrected chi connectivity index (χ1v) is 6.02. The molecule has 1 aromatic rings. The maximum absolute atomic E-state index is 9.97. The van der Waals surface area contributed by atoms with Crippen molar-refractivity contribution >= 4 is 17.3 Å². The van der Waals surface area contributed by atoms with Gasteiger partial charge in [-0.15, -0.1) is 0 Å². The van der Waals surface area contributed by atoms with E-state index in [1.54, 1.807) is 0 Å². The number of benzene rings is 1. The summed E-state index contributed by atoms with van der Waals surface area (Å²) in [6, 6.07) is 5.91. The Labute approximate surface area is 102 Å². The fourth-order valence-corrected chi connectivity index (χ4v) is 2.54. The number of nitrogens with zero attached hydrogens (tertiary/aromatic N) is 1. The molecule has 1 aliphatic rings. The highest BCUT2D eigenvalue weighted by molar-refractivity contribution is 6.30. The second-order valence-electron chi connectivity index (χ2n) is 5.04. The van der Waals surface area contributed by atoms with Crippen LogP contribution in [0.25, 0.3) is 0 Å². The largest absolute Gasteiger partial charge is 0.391 e. The van der Waals surface area contributed by atoms with Crippen molar-refractivity contribution in [1.82, 2.24) is 0 Å². The van der Waals surface area contributed by atoms with E-state index in [0.29, 0.717) is 0 Å². The topological polar surface area (TPSA) is 23.5 Å². The Morgan fingerprint density at radius 3 is 2.69 bits per heavy atom. The van der Waals surface area contributed by atoms with E-state index in [9.17, 15) is 5.11 Å². The summed E-state index contributed by atoms with van der Waals surface area (Å²) >= 11 is 6.04. The minimum atomic E-state index is -0.272. The number of aryl methyl sites for hydroxylation is 1. The second-order valence-corrected chi connectivity index (χ2v) is 5.48. The Morgan fingerprint density at radius 2 is 2.12 bits per heavy atom. The zero-order valence-electron chi connectivity index (χ0n) is 10.00. The number of aliphatic hydroxyl groups is 1. The summed E-state index contributed by atoms with van der Waals surface area (Å²) in [4.78, 5) is 2.25. The molecular weight excluding hydrogens is 222 g/mol. The minimum absolute atomic E-state index is 0.213. The fourth-order valence-electron chi connectivity index (χ4n) is 2.38. The molecule has 16 heavy (non-hydrogen) atoms. The van der Waals surface area contributed by atoms with Gasteiger partial charge < -0.3 is 10.0 Å². The molecule has 0 aliphatic carbocycles. The van der Waals surface area contributed by atoms with Crippen LogP contribution in [0.1, 0.15) is 25.8 Å². The van der Waals surface area contributed by atoms with E-state index in [0.717, 1.165) is 23.7 Å². The van der Waals surface area contributed by atoms with E-state index in [-0.39, 0.29) is 11.6 Å². The normalized spacial score (nSPS) is 23.8. The molecule has 1 heterocycles. The summed E-state index contributed by atoms with van der Waals surface area (Å²) in [6.07, 6.45) is 0.546. The SMILES string of the molecule is Cc1ccc(Cl)cc1N1CCC(O)C1(C)C. The predicted molar refractivity (Wildman–Crippen MR) is 68.2 cm³/mol. The second kappa shape index (κ2) is 3.94. The van der Waals surface area contributed by atoms with Crippen LogP contribution in [0.15, 0.2) is 18.2 Å². The third-order valence-corrected chi connectivity index (χ3v) is 3.83. The first-order valence-electron chi connectivity index (χ1n) is 5.65. The molecule has 0 aromatic heterocycles. The summed E-state index contributed by atoms with van der Waals surface area (Å²) in [5.74, 6) is 0. The van der Waals surface area contributed by atoms with Gasteiger partial charge in [-0.25, -0.2) is 0 Å². The Bertz CT molecular complexity index is 403. The Balaban J connectivity index is 2.41. The van der Waals surface area contributed by atoms with Crippen LogP contribution in [-0.2, 0) is 0 Å². The van der Waals surface area contributed by atoms with E-state index >= 15 is 0 Å². The number of halogens is 1. The van der Waals surface area contributed by atoms with Crippen molar-refractivity contribution in [3.63, 3.8) is 0 Å².